The van der Waals surface area contributed by atoms with E-state index in [0.717, 1.165) is 11.1 Å². The summed E-state index contributed by atoms with van der Waals surface area (Å²) in [6.07, 6.45) is 0.264. The molecule has 0 fully saturated rings. The maximum absolute atomic E-state index is 11.4. The molecule has 1 aliphatic heterocycles. The van der Waals surface area contributed by atoms with Gasteiger partial charge in [-0.2, -0.15) is 0 Å². The van der Waals surface area contributed by atoms with Crippen LogP contribution >= 0.6 is 0 Å². The molecule has 26 heavy (non-hydrogen) atoms. The maximum atomic E-state index is 11.4. The van der Waals surface area contributed by atoms with E-state index in [2.05, 4.69) is 40.4 Å². The van der Waals surface area contributed by atoms with Crippen LogP contribution in [0.2, 0.25) is 18.1 Å². The van der Waals surface area contributed by atoms with Crippen molar-refractivity contribution in [1.29, 1.82) is 0 Å². The molecule has 0 radical (unpaired) electrons. The molecule has 1 unspecified atom stereocenters. The van der Waals surface area contributed by atoms with Crippen molar-refractivity contribution in [2.24, 2.45) is 0 Å². The number of likely N-dealkylation sites (N-methyl/N-ethyl adjacent to an activating group) is 1. The van der Waals surface area contributed by atoms with E-state index >= 15 is 0 Å². The monoisotopic (exact) mass is 379 g/mol. The van der Waals surface area contributed by atoms with Crippen LogP contribution in [0.25, 0.3) is 6.08 Å². The Morgan fingerprint density at radius 3 is 2.62 bits per heavy atom. The molecule has 0 spiro atoms. The van der Waals surface area contributed by atoms with Gasteiger partial charge in [-0.3, -0.25) is 0 Å². The molecule has 6 nitrogen and oxygen atoms in total. The summed E-state index contributed by atoms with van der Waals surface area (Å²) in [5, 5.41) is 9.34. The molecule has 1 aromatic rings. The molecule has 0 saturated carbocycles. The van der Waals surface area contributed by atoms with E-state index in [1.54, 1.807) is 13.1 Å². The lowest BCUT2D eigenvalue weighted by Gasteiger charge is -2.40. The second kappa shape index (κ2) is 7.32. The Labute approximate surface area is 156 Å². The number of hydrogen-bond acceptors (Lipinski definition) is 4. The quantitative estimate of drug-likeness (QED) is 0.724. The molecule has 0 saturated heterocycles. The van der Waals surface area contributed by atoms with Gasteiger partial charge in [-0.25, -0.2) is 4.79 Å². The lowest BCUT2D eigenvalue weighted by atomic mass is 10.00. The zero-order valence-corrected chi connectivity index (χ0v) is 17.5. The second-order valence-electron chi connectivity index (χ2n) is 8.04. The van der Waals surface area contributed by atoms with E-state index in [-0.39, 0.29) is 18.4 Å². The Morgan fingerprint density at radius 2 is 2.08 bits per heavy atom. The van der Waals surface area contributed by atoms with E-state index in [1.807, 2.05) is 12.1 Å². The number of ether oxygens (including phenoxy) is 2. The van der Waals surface area contributed by atoms with Gasteiger partial charge in [0, 0.05) is 12.6 Å². The minimum atomic E-state index is -2.17. The van der Waals surface area contributed by atoms with Crippen molar-refractivity contribution in [3.05, 3.63) is 29.8 Å². The average Bonchev–Trinajstić information content (AvgIpc) is 3.00. The largest absolute Gasteiger partial charge is 0.465 e. The van der Waals surface area contributed by atoms with Crippen LogP contribution in [0.5, 0.6) is 11.5 Å². The summed E-state index contributed by atoms with van der Waals surface area (Å²) < 4.78 is 17.8. The fourth-order valence-corrected chi connectivity index (χ4v) is 3.82. The van der Waals surface area contributed by atoms with E-state index in [9.17, 15) is 9.90 Å². The standard InChI is InChI=1S/C19H29NO5Si/c1-8-13-9-10-14-17(24-12-23-14)16(13)15(11-20(5)18(21)22)25-26(6,7)19(2,3)4/h8-10,15H,1,11-12H2,2-7H3,(H,21,22). The molecule has 0 aliphatic carbocycles. The molecule has 2 rings (SSSR count). The number of fused-ring (bicyclic) bond motifs is 1. The predicted octanol–water partition coefficient (Wildman–Crippen LogP) is 4.73. The van der Waals surface area contributed by atoms with Crippen LogP contribution < -0.4 is 9.47 Å². The molecule has 0 aromatic heterocycles. The number of benzene rings is 1. The van der Waals surface area contributed by atoms with Gasteiger partial charge in [-0.1, -0.05) is 39.5 Å². The van der Waals surface area contributed by atoms with Gasteiger partial charge in [-0.15, -0.1) is 0 Å². The average molecular weight is 380 g/mol. The number of rotatable bonds is 6. The van der Waals surface area contributed by atoms with E-state index < -0.39 is 20.5 Å². The minimum Gasteiger partial charge on any atom is -0.465 e. The SMILES string of the molecule is C=Cc1ccc2c(c1C(CN(C)C(=O)O)O[Si](C)(C)C(C)(C)C)OCO2. The van der Waals surface area contributed by atoms with Crippen LogP contribution in [0.4, 0.5) is 4.79 Å². The van der Waals surface area contributed by atoms with Gasteiger partial charge in [-0.05, 0) is 29.8 Å². The molecule has 0 bridgehead atoms. The lowest BCUT2D eigenvalue weighted by Crippen LogP contribution is -2.44. The highest BCUT2D eigenvalue weighted by molar-refractivity contribution is 6.74. The lowest BCUT2D eigenvalue weighted by molar-refractivity contribution is 0.110. The zero-order chi connectivity index (χ0) is 19.7. The highest BCUT2D eigenvalue weighted by Crippen LogP contribution is 2.46. The fourth-order valence-electron chi connectivity index (χ4n) is 2.57. The Bertz CT molecular complexity index is 696. The van der Waals surface area contributed by atoms with E-state index in [1.165, 1.54) is 4.90 Å². The van der Waals surface area contributed by atoms with Gasteiger partial charge in [0.25, 0.3) is 0 Å². The summed E-state index contributed by atoms with van der Waals surface area (Å²) in [6, 6.07) is 3.74. The van der Waals surface area contributed by atoms with Crippen LogP contribution in [0.15, 0.2) is 18.7 Å². The van der Waals surface area contributed by atoms with Crippen molar-refractivity contribution in [2.75, 3.05) is 20.4 Å². The normalized spacial score (nSPS) is 14.8. The first-order valence-electron chi connectivity index (χ1n) is 8.64. The molecule has 1 atom stereocenters. The summed E-state index contributed by atoms with van der Waals surface area (Å²) in [5.74, 6) is 1.26. The smallest absolute Gasteiger partial charge is 0.407 e. The molecular weight excluding hydrogens is 350 g/mol. The predicted molar refractivity (Wildman–Crippen MR) is 104 cm³/mol. The van der Waals surface area contributed by atoms with Gasteiger partial charge >= 0.3 is 6.09 Å². The van der Waals surface area contributed by atoms with Crippen molar-refractivity contribution in [1.82, 2.24) is 4.90 Å². The summed E-state index contributed by atoms with van der Waals surface area (Å²) in [7, 11) is -0.631. The van der Waals surface area contributed by atoms with Crippen molar-refractivity contribution in [3.63, 3.8) is 0 Å². The second-order valence-corrected chi connectivity index (χ2v) is 12.8. The molecule has 1 heterocycles. The van der Waals surface area contributed by atoms with E-state index in [4.69, 9.17) is 13.9 Å². The molecule has 1 N–H and O–H groups in total. The first-order valence-corrected chi connectivity index (χ1v) is 11.6. The highest BCUT2D eigenvalue weighted by Gasteiger charge is 2.41. The third-order valence-electron chi connectivity index (χ3n) is 5.16. The molecule has 1 aliphatic rings. The van der Waals surface area contributed by atoms with Crippen molar-refractivity contribution in [2.45, 2.75) is 45.0 Å². The number of hydrogen-bond donors (Lipinski definition) is 1. The summed E-state index contributed by atoms with van der Waals surface area (Å²) >= 11 is 0. The molecule has 1 aromatic carbocycles. The Hall–Kier alpha value is -1.99. The highest BCUT2D eigenvalue weighted by atomic mass is 28.4. The van der Waals surface area contributed by atoms with Gasteiger partial charge in [0.1, 0.15) is 0 Å². The van der Waals surface area contributed by atoms with Crippen molar-refractivity contribution >= 4 is 20.5 Å². The number of amides is 1. The van der Waals surface area contributed by atoms with Gasteiger partial charge in [0.2, 0.25) is 6.79 Å². The molecule has 144 valence electrons. The third kappa shape index (κ3) is 4.04. The summed E-state index contributed by atoms with van der Waals surface area (Å²) in [5.41, 5.74) is 1.66. The van der Waals surface area contributed by atoms with Crippen LogP contribution in [0.1, 0.15) is 38.0 Å². The molecule has 7 heteroatoms. The number of carboxylic acid groups (broad SMARTS) is 1. The number of carbonyl (C=O) groups is 1. The van der Waals surface area contributed by atoms with Crippen LogP contribution in [-0.4, -0.2) is 44.8 Å². The Balaban J connectivity index is 2.53. The minimum absolute atomic E-state index is 0.0172. The Kier molecular flexibility index (Phi) is 5.72. The Morgan fingerprint density at radius 1 is 1.42 bits per heavy atom. The topological polar surface area (TPSA) is 68.2 Å². The van der Waals surface area contributed by atoms with Gasteiger partial charge in [0.05, 0.1) is 12.6 Å². The van der Waals surface area contributed by atoms with Crippen LogP contribution in [-0.2, 0) is 4.43 Å². The third-order valence-corrected chi connectivity index (χ3v) is 9.65. The van der Waals surface area contributed by atoms with E-state index in [0.29, 0.717) is 11.5 Å². The number of nitrogens with zero attached hydrogens (tertiary/aromatic N) is 1. The van der Waals surface area contributed by atoms with Gasteiger partial charge in [0.15, 0.2) is 19.8 Å². The van der Waals surface area contributed by atoms with Crippen LogP contribution in [0.3, 0.4) is 0 Å². The fraction of sp³-hybridized carbons (Fsp3) is 0.526. The first kappa shape index (κ1) is 20.3. The zero-order valence-electron chi connectivity index (χ0n) is 16.5. The summed E-state index contributed by atoms with van der Waals surface area (Å²) in [6.45, 7) is 15.0. The first-order chi connectivity index (χ1) is 12.0. The summed E-state index contributed by atoms with van der Waals surface area (Å²) in [4.78, 5) is 12.7. The van der Waals surface area contributed by atoms with Crippen LogP contribution in [0, 0.1) is 0 Å². The van der Waals surface area contributed by atoms with Crippen molar-refractivity contribution in [3.8, 4) is 11.5 Å². The van der Waals surface area contributed by atoms with Crippen molar-refractivity contribution < 1.29 is 23.8 Å². The molecule has 1 amide bonds. The maximum Gasteiger partial charge on any atom is 0.407 e. The van der Waals surface area contributed by atoms with Gasteiger partial charge < -0.3 is 23.9 Å². The molecular formula is C19H29NO5Si.